The molecule has 0 heterocycles. The molecule has 0 aliphatic heterocycles. The summed E-state index contributed by atoms with van der Waals surface area (Å²) in [6.07, 6.45) is 0. The zero-order chi connectivity index (χ0) is 12.0. The molecule has 0 saturated heterocycles. The van der Waals surface area contributed by atoms with E-state index in [1.165, 1.54) is 6.07 Å². The average molecular weight is 227 g/mol. The van der Waals surface area contributed by atoms with Crippen molar-refractivity contribution < 1.29 is 19.2 Å². The molecule has 0 bridgehead atoms. The maximum absolute atomic E-state index is 12.8. The molecule has 0 spiro atoms. The lowest BCUT2D eigenvalue weighted by Crippen LogP contribution is -2.33. The highest BCUT2D eigenvalue weighted by Gasteiger charge is 2.17. The van der Waals surface area contributed by atoms with Gasteiger partial charge in [0.2, 0.25) is 5.91 Å². The van der Waals surface area contributed by atoms with Gasteiger partial charge in [0.05, 0.1) is 0 Å². The Bertz CT molecular complexity index is 351. The molecule has 1 aromatic carbocycles. The van der Waals surface area contributed by atoms with E-state index in [1.807, 2.05) is 0 Å². The molecule has 1 rings (SSSR count). The van der Waals surface area contributed by atoms with E-state index < -0.39 is 18.8 Å². The Kier molecular flexibility index (Phi) is 6.07. The molecule has 0 aromatic heterocycles. The molecule has 1 aromatic rings. The molecule has 0 unspecified atom stereocenters. The number of rotatable bonds is 2. The van der Waals surface area contributed by atoms with Gasteiger partial charge in [0, 0.05) is 11.0 Å². The number of benzene rings is 1. The molecule has 8 heteroatoms. The van der Waals surface area contributed by atoms with Gasteiger partial charge in [-0.15, -0.1) is 0 Å². The van der Waals surface area contributed by atoms with Gasteiger partial charge in [0.15, 0.2) is 7.12 Å². The third kappa shape index (κ3) is 3.94. The van der Waals surface area contributed by atoms with Crippen LogP contribution in [-0.2, 0) is 0 Å². The summed E-state index contributed by atoms with van der Waals surface area (Å²) in [4.78, 5) is 10.6. The normalized spacial score (nSPS) is 8.80. The second-order valence-electron chi connectivity index (χ2n) is 2.47. The quantitative estimate of drug-likeness (QED) is 0.370. The summed E-state index contributed by atoms with van der Waals surface area (Å²) >= 11 is 3.03. The number of carbonyl (C=O) groups is 1. The van der Waals surface area contributed by atoms with Crippen molar-refractivity contribution in [3.05, 3.63) is 29.6 Å². The van der Waals surface area contributed by atoms with E-state index in [9.17, 15) is 9.18 Å². The fourth-order valence-corrected chi connectivity index (χ4v) is 0.895. The molecule has 4 nitrogen and oxygen atoms in total. The lowest BCUT2D eigenvalue weighted by molar-refractivity contribution is 0.100. The van der Waals surface area contributed by atoms with Gasteiger partial charge < -0.3 is 15.8 Å². The fraction of sp³-hybridized carbons (Fsp3) is 0. The predicted molar refractivity (Wildman–Crippen MR) is 59.5 cm³/mol. The first-order valence-corrected chi connectivity index (χ1v) is 4.25. The van der Waals surface area contributed by atoms with Crippen LogP contribution in [0.2, 0.25) is 0 Å². The number of primary amides is 1. The van der Waals surface area contributed by atoms with Crippen LogP contribution in [0.3, 0.4) is 0 Å². The number of hydrogen-bond donors (Lipinski definition) is 4. The summed E-state index contributed by atoms with van der Waals surface area (Å²) < 4.78 is 12.8. The Labute approximate surface area is 93.2 Å². The third-order valence-electron chi connectivity index (χ3n) is 1.56. The van der Waals surface area contributed by atoms with Crippen molar-refractivity contribution in [1.29, 1.82) is 0 Å². The van der Waals surface area contributed by atoms with E-state index in [4.69, 9.17) is 15.8 Å². The molecular weight excluding hydrogens is 219 g/mol. The average Bonchev–Trinajstić information content (AvgIpc) is 2.20. The van der Waals surface area contributed by atoms with Gasteiger partial charge in [-0.25, -0.2) is 16.9 Å². The fourth-order valence-electron chi connectivity index (χ4n) is 0.895. The Morgan fingerprint density at radius 1 is 1.47 bits per heavy atom. The van der Waals surface area contributed by atoms with E-state index in [1.54, 1.807) is 0 Å². The van der Waals surface area contributed by atoms with Crippen molar-refractivity contribution in [3.8, 4) is 0 Å². The van der Waals surface area contributed by atoms with Crippen molar-refractivity contribution in [3.63, 3.8) is 0 Å². The Morgan fingerprint density at radius 3 is 2.40 bits per heavy atom. The molecule has 2 radical (unpaired) electrons. The van der Waals surface area contributed by atoms with Gasteiger partial charge in [-0.1, -0.05) is 0 Å². The lowest BCUT2D eigenvalue weighted by atomic mass is 9.79. The van der Waals surface area contributed by atoms with Crippen LogP contribution in [0.15, 0.2) is 18.2 Å². The van der Waals surface area contributed by atoms with Crippen LogP contribution in [-0.4, -0.2) is 30.2 Å². The van der Waals surface area contributed by atoms with E-state index >= 15 is 0 Å². The zero-order valence-corrected chi connectivity index (χ0v) is 8.49. The van der Waals surface area contributed by atoms with E-state index in [0.29, 0.717) is 0 Å². The predicted octanol–water partition coefficient (Wildman–Crippen LogP) is -1.40. The van der Waals surface area contributed by atoms with Crippen LogP contribution in [0, 0.1) is 5.82 Å². The molecule has 0 aliphatic rings. The molecule has 4 N–H and O–H groups in total. The first-order chi connectivity index (χ1) is 7.02. The largest absolute Gasteiger partial charge is 0.491 e. The molecule has 0 aliphatic carbocycles. The SMILES string of the molecule is NC(=O)c1ccc(F)c(B(O)O)c1.[B]S. The maximum atomic E-state index is 12.8. The molecular formula is C7H8B2FNO3S. The number of nitrogens with two attached hydrogens (primary N) is 1. The van der Waals surface area contributed by atoms with Crippen molar-refractivity contribution in [2.75, 3.05) is 0 Å². The minimum absolute atomic E-state index is 0.0319. The van der Waals surface area contributed by atoms with Crippen LogP contribution >= 0.6 is 12.5 Å². The smallest absolute Gasteiger partial charge is 0.423 e. The summed E-state index contributed by atoms with van der Waals surface area (Å²) in [5.74, 6) is -1.54. The zero-order valence-electron chi connectivity index (χ0n) is 7.59. The van der Waals surface area contributed by atoms with E-state index in [0.717, 1.165) is 12.1 Å². The highest BCUT2D eigenvalue weighted by molar-refractivity contribution is 8.03. The Balaban J connectivity index is 0.000000921. The van der Waals surface area contributed by atoms with Gasteiger partial charge in [-0.3, -0.25) is 4.79 Å². The van der Waals surface area contributed by atoms with Crippen molar-refractivity contribution in [2.24, 2.45) is 5.73 Å². The highest BCUT2D eigenvalue weighted by atomic mass is 32.1. The minimum atomic E-state index is -1.95. The number of amides is 1. The summed E-state index contributed by atoms with van der Waals surface area (Å²) in [7, 11) is 2.25. The van der Waals surface area contributed by atoms with Crippen molar-refractivity contribution in [1.82, 2.24) is 0 Å². The van der Waals surface area contributed by atoms with Crippen molar-refractivity contribution in [2.45, 2.75) is 0 Å². The van der Waals surface area contributed by atoms with E-state index in [2.05, 4.69) is 19.6 Å². The molecule has 0 saturated carbocycles. The molecule has 0 fully saturated rings. The number of halogens is 1. The van der Waals surface area contributed by atoms with Crippen LogP contribution in [0.25, 0.3) is 0 Å². The molecule has 15 heavy (non-hydrogen) atoms. The van der Waals surface area contributed by atoms with Gasteiger partial charge in [0.25, 0.3) is 0 Å². The van der Waals surface area contributed by atoms with Crippen LogP contribution < -0.4 is 11.2 Å². The van der Waals surface area contributed by atoms with Crippen LogP contribution in [0.4, 0.5) is 4.39 Å². The summed E-state index contributed by atoms with van der Waals surface area (Å²) in [6, 6.07) is 3.13. The second kappa shape index (κ2) is 6.49. The highest BCUT2D eigenvalue weighted by Crippen LogP contribution is 2.00. The number of thiol groups is 1. The number of carbonyl (C=O) groups excluding carboxylic acids is 1. The third-order valence-corrected chi connectivity index (χ3v) is 1.56. The van der Waals surface area contributed by atoms with E-state index in [-0.39, 0.29) is 11.0 Å². The van der Waals surface area contributed by atoms with Gasteiger partial charge in [-0.2, -0.15) is 0 Å². The summed E-state index contributed by atoms with van der Waals surface area (Å²) in [6.45, 7) is 0. The topological polar surface area (TPSA) is 83.6 Å². The second-order valence-corrected chi connectivity index (χ2v) is 2.47. The van der Waals surface area contributed by atoms with Gasteiger partial charge in [-0.05, 0) is 18.2 Å². The minimum Gasteiger partial charge on any atom is -0.423 e. The summed E-state index contributed by atoms with van der Waals surface area (Å²) in [5, 5.41) is 17.3. The lowest BCUT2D eigenvalue weighted by Gasteiger charge is -2.02. The standard InChI is InChI=1S/C7H7BFNO3.BHS/c9-6-2-1-4(7(10)11)3-5(6)8(12)13;1-2/h1-3,12-13H,(H2,10,11);2H. The van der Waals surface area contributed by atoms with Crippen LogP contribution in [0.1, 0.15) is 10.4 Å². The Morgan fingerprint density at radius 2 is 2.00 bits per heavy atom. The van der Waals surface area contributed by atoms with Crippen molar-refractivity contribution >= 4 is 38.1 Å². The maximum Gasteiger partial charge on any atom is 0.491 e. The van der Waals surface area contributed by atoms with Crippen LogP contribution in [0.5, 0.6) is 0 Å². The Hall–Kier alpha value is -0.980. The van der Waals surface area contributed by atoms with Gasteiger partial charge >= 0.3 is 7.12 Å². The molecule has 0 atom stereocenters. The monoisotopic (exact) mass is 227 g/mol. The first-order valence-electron chi connectivity index (χ1n) is 3.73. The summed E-state index contributed by atoms with van der Waals surface area (Å²) in [5.41, 5.74) is 4.58. The molecule has 1 amide bonds. The molecule has 78 valence electrons. The number of hydrogen-bond acceptors (Lipinski definition) is 4. The first kappa shape index (κ1) is 14.0. The van der Waals surface area contributed by atoms with Gasteiger partial charge in [0.1, 0.15) is 5.82 Å².